The molecule has 0 saturated carbocycles. The Morgan fingerprint density at radius 2 is 1.69 bits per heavy atom. The fourth-order valence-corrected chi connectivity index (χ4v) is 3.53. The maximum absolute atomic E-state index is 12.6. The zero-order valence-electron chi connectivity index (χ0n) is 16.5. The summed E-state index contributed by atoms with van der Waals surface area (Å²) in [6.07, 6.45) is 0. The van der Waals surface area contributed by atoms with E-state index in [2.05, 4.69) is 9.88 Å². The highest BCUT2D eigenvalue weighted by Gasteiger charge is 2.20. The van der Waals surface area contributed by atoms with Gasteiger partial charge in [0, 0.05) is 11.1 Å². The highest BCUT2D eigenvalue weighted by Crippen LogP contribution is 2.25. The molecule has 1 atom stereocenters. The van der Waals surface area contributed by atoms with Crippen molar-refractivity contribution in [1.29, 1.82) is 0 Å². The Kier molecular flexibility index (Phi) is 5.29. The van der Waals surface area contributed by atoms with E-state index in [0.29, 0.717) is 12.1 Å². The summed E-state index contributed by atoms with van der Waals surface area (Å²) in [6, 6.07) is 24.9. The summed E-state index contributed by atoms with van der Waals surface area (Å²) in [5, 5.41) is 3.07. The molecule has 0 radical (unpaired) electrons. The van der Waals surface area contributed by atoms with Crippen LogP contribution in [0.25, 0.3) is 11.0 Å². The van der Waals surface area contributed by atoms with Crippen LogP contribution in [0.3, 0.4) is 0 Å². The molecule has 0 bridgehead atoms. The lowest BCUT2D eigenvalue weighted by molar-refractivity contribution is 0.0937. The first-order valence-corrected chi connectivity index (χ1v) is 9.60. The topological polar surface area (TPSA) is 56.1 Å². The second kappa shape index (κ2) is 8.19. The summed E-state index contributed by atoms with van der Waals surface area (Å²) in [4.78, 5) is 17.5. The Bertz CT molecular complexity index is 1140. The number of carbonyl (C=O) groups excluding carboxylic acids is 1. The Morgan fingerprint density at radius 3 is 2.48 bits per heavy atom. The lowest BCUT2D eigenvalue weighted by atomic mass is 10.1. The monoisotopic (exact) mass is 385 g/mol. The first-order chi connectivity index (χ1) is 14.2. The van der Waals surface area contributed by atoms with Crippen molar-refractivity contribution in [3.8, 4) is 5.75 Å². The third-order valence-corrected chi connectivity index (χ3v) is 4.98. The summed E-state index contributed by atoms with van der Waals surface area (Å²) in [7, 11) is 1.68. The van der Waals surface area contributed by atoms with E-state index in [0.717, 1.165) is 28.2 Å². The fraction of sp³-hybridized carbons (Fsp3) is 0.167. The second-order valence-corrected chi connectivity index (χ2v) is 6.92. The summed E-state index contributed by atoms with van der Waals surface area (Å²) in [5.41, 5.74) is 3.61. The molecular weight excluding hydrogens is 362 g/mol. The number of para-hydroxylation sites is 3. The minimum atomic E-state index is -0.259. The number of ether oxygens (including phenoxy) is 1. The molecule has 1 aromatic heterocycles. The van der Waals surface area contributed by atoms with Crippen LogP contribution < -0.4 is 10.1 Å². The van der Waals surface area contributed by atoms with Crippen LogP contribution in [0.1, 0.15) is 34.7 Å². The fourth-order valence-electron chi connectivity index (χ4n) is 3.53. The molecule has 4 rings (SSSR count). The number of carbonyl (C=O) groups is 1. The predicted molar refractivity (Wildman–Crippen MR) is 114 cm³/mol. The van der Waals surface area contributed by atoms with Crippen LogP contribution in [0.15, 0.2) is 78.9 Å². The van der Waals surface area contributed by atoms with Gasteiger partial charge in [0.2, 0.25) is 0 Å². The normalized spacial score (nSPS) is 11.9. The van der Waals surface area contributed by atoms with Crippen molar-refractivity contribution in [3.05, 3.63) is 95.8 Å². The van der Waals surface area contributed by atoms with Gasteiger partial charge in [-0.3, -0.25) is 4.79 Å². The van der Waals surface area contributed by atoms with Gasteiger partial charge in [0.15, 0.2) is 0 Å². The van der Waals surface area contributed by atoms with E-state index in [4.69, 9.17) is 9.72 Å². The van der Waals surface area contributed by atoms with Crippen LogP contribution in [0.5, 0.6) is 5.75 Å². The number of benzene rings is 3. The van der Waals surface area contributed by atoms with Crippen LogP contribution >= 0.6 is 0 Å². The smallest absolute Gasteiger partial charge is 0.251 e. The largest absolute Gasteiger partial charge is 0.496 e. The molecule has 1 heterocycles. The molecule has 29 heavy (non-hydrogen) atoms. The Labute approximate surface area is 170 Å². The number of fused-ring (bicyclic) bond motifs is 1. The molecule has 1 unspecified atom stereocenters. The molecule has 0 fully saturated rings. The molecule has 5 heteroatoms. The van der Waals surface area contributed by atoms with Gasteiger partial charge < -0.3 is 14.6 Å². The zero-order valence-corrected chi connectivity index (χ0v) is 16.5. The summed E-state index contributed by atoms with van der Waals surface area (Å²) >= 11 is 0. The molecule has 146 valence electrons. The first-order valence-electron chi connectivity index (χ1n) is 9.60. The number of rotatable bonds is 6. The number of nitrogens with zero attached hydrogens (tertiary/aromatic N) is 2. The van der Waals surface area contributed by atoms with Crippen molar-refractivity contribution in [2.24, 2.45) is 0 Å². The van der Waals surface area contributed by atoms with Gasteiger partial charge in [0.1, 0.15) is 11.6 Å². The van der Waals surface area contributed by atoms with Crippen LogP contribution in [0, 0.1) is 0 Å². The standard InChI is InChI=1S/C24H23N3O2/c1-17(25-24(28)18-10-4-3-5-11-18)23-26-20-13-7-8-14-21(20)27(23)16-19-12-6-9-15-22(19)29-2/h3-15,17H,16H2,1-2H3,(H,25,28). The number of aromatic nitrogens is 2. The summed E-state index contributed by atoms with van der Waals surface area (Å²) in [6.45, 7) is 2.56. The van der Waals surface area contributed by atoms with E-state index >= 15 is 0 Å². The number of methoxy groups -OCH3 is 1. The van der Waals surface area contributed by atoms with Crippen molar-refractivity contribution in [3.63, 3.8) is 0 Å². The molecule has 0 aliphatic rings. The maximum Gasteiger partial charge on any atom is 0.251 e. The molecule has 3 aromatic carbocycles. The number of hydrogen-bond acceptors (Lipinski definition) is 3. The summed E-state index contributed by atoms with van der Waals surface area (Å²) < 4.78 is 7.67. The van der Waals surface area contributed by atoms with Gasteiger partial charge in [0.25, 0.3) is 5.91 Å². The van der Waals surface area contributed by atoms with Gasteiger partial charge in [-0.15, -0.1) is 0 Å². The van der Waals surface area contributed by atoms with Gasteiger partial charge in [-0.1, -0.05) is 48.5 Å². The quantitative estimate of drug-likeness (QED) is 0.528. The van der Waals surface area contributed by atoms with Crippen molar-refractivity contribution < 1.29 is 9.53 Å². The third kappa shape index (κ3) is 3.85. The molecular formula is C24H23N3O2. The molecule has 0 saturated heterocycles. The Morgan fingerprint density at radius 1 is 1.00 bits per heavy atom. The number of nitrogens with one attached hydrogen (secondary N) is 1. The van der Waals surface area contributed by atoms with E-state index in [1.165, 1.54) is 0 Å². The highest BCUT2D eigenvalue weighted by atomic mass is 16.5. The molecule has 0 aliphatic heterocycles. The van der Waals surface area contributed by atoms with Crippen molar-refractivity contribution in [2.45, 2.75) is 19.5 Å². The van der Waals surface area contributed by atoms with Crippen molar-refractivity contribution in [1.82, 2.24) is 14.9 Å². The molecule has 1 N–H and O–H groups in total. The van der Waals surface area contributed by atoms with Gasteiger partial charge in [-0.25, -0.2) is 4.98 Å². The van der Waals surface area contributed by atoms with Gasteiger partial charge >= 0.3 is 0 Å². The van der Waals surface area contributed by atoms with Crippen LogP contribution in [0.4, 0.5) is 0 Å². The van der Waals surface area contributed by atoms with Crippen LogP contribution in [0.2, 0.25) is 0 Å². The molecule has 0 aliphatic carbocycles. The van der Waals surface area contributed by atoms with E-state index < -0.39 is 0 Å². The van der Waals surface area contributed by atoms with Crippen LogP contribution in [-0.4, -0.2) is 22.6 Å². The SMILES string of the molecule is COc1ccccc1Cn1c(C(C)NC(=O)c2ccccc2)nc2ccccc21. The Balaban J connectivity index is 1.70. The van der Waals surface area contributed by atoms with Gasteiger partial charge in [-0.2, -0.15) is 0 Å². The zero-order chi connectivity index (χ0) is 20.2. The maximum atomic E-state index is 12.6. The van der Waals surface area contributed by atoms with E-state index in [1.807, 2.05) is 73.7 Å². The minimum absolute atomic E-state index is 0.117. The van der Waals surface area contributed by atoms with Gasteiger partial charge in [0.05, 0.1) is 30.7 Å². The van der Waals surface area contributed by atoms with Crippen LogP contribution in [-0.2, 0) is 6.54 Å². The lowest BCUT2D eigenvalue weighted by Gasteiger charge is -2.17. The van der Waals surface area contributed by atoms with Crippen molar-refractivity contribution in [2.75, 3.05) is 7.11 Å². The number of amides is 1. The van der Waals surface area contributed by atoms with E-state index in [1.54, 1.807) is 19.2 Å². The molecule has 1 amide bonds. The Hall–Kier alpha value is -3.60. The average molecular weight is 385 g/mol. The molecule has 0 spiro atoms. The lowest BCUT2D eigenvalue weighted by Crippen LogP contribution is -2.28. The second-order valence-electron chi connectivity index (χ2n) is 6.92. The number of imidazole rings is 1. The average Bonchev–Trinajstić information content (AvgIpc) is 3.13. The summed E-state index contributed by atoms with van der Waals surface area (Å²) in [5.74, 6) is 1.52. The minimum Gasteiger partial charge on any atom is -0.496 e. The number of hydrogen-bond donors (Lipinski definition) is 1. The molecule has 4 aromatic rings. The van der Waals surface area contributed by atoms with Gasteiger partial charge in [-0.05, 0) is 37.3 Å². The highest BCUT2D eigenvalue weighted by molar-refractivity contribution is 5.94. The van der Waals surface area contributed by atoms with E-state index in [9.17, 15) is 4.79 Å². The first kappa shape index (κ1) is 18.7. The predicted octanol–water partition coefficient (Wildman–Crippen LogP) is 4.58. The van der Waals surface area contributed by atoms with Crippen molar-refractivity contribution >= 4 is 16.9 Å². The van der Waals surface area contributed by atoms with E-state index in [-0.39, 0.29) is 11.9 Å². The molecule has 5 nitrogen and oxygen atoms in total. The third-order valence-electron chi connectivity index (χ3n) is 4.98.